The molecular formula is C13H17ClF2N2O2. The van der Waals surface area contributed by atoms with Crippen LogP contribution in [0.25, 0.3) is 0 Å². The van der Waals surface area contributed by atoms with Gasteiger partial charge in [0.05, 0.1) is 19.7 Å². The quantitative estimate of drug-likeness (QED) is 0.811. The summed E-state index contributed by atoms with van der Waals surface area (Å²) in [7, 11) is 0. The minimum atomic E-state index is -2.55. The topological polar surface area (TPSA) is 52.6 Å². The van der Waals surface area contributed by atoms with Crippen molar-refractivity contribution in [2.24, 2.45) is 0 Å². The molecule has 1 rings (SSSR count). The highest BCUT2D eigenvalue weighted by Crippen LogP contribution is 2.20. The molecule has 0 fully saturated rings. The highest BCUT2D eigenvalue weighted by Gasteiger charge is 2.15. The van der Waals surface area contributed by atoms with Gasteiger partial charge in [0.2, 0.25) is 5.91 Å². The summed E-state index contributed by atoms with van der Waals surface area (Å²) >= 11 is 5.83. The van der Waals surface area contributed by atoms with E-state index in [-0.39, 0.29) is 19.7 Å². The first-order valence-corrected chi connectivity index (χ1v) is 6.47. The van der Waals surface area contributed by atoms with Crippen molar-refractivity contribution in [2.75, 3.05) is 31.6 Å². The zero-order valence-corrected chi connectivity index (χ0v) is 11.8. The molecule has 0 aliphatic carbocycles. The van der Waals surface area contributed by atoms with Gasteiger partial charge in [-0.1, -0.05) is 17.7 Å². The van der Waals surface area contributed by atoms with Crippen molar-refractivity contribution in [1.29, 1.82) is 0 Å². The predicted octanol–water partition coefficient (Wildman–Crippen LogP) is 2.15. The van der Waals surface area contributed by atoms with E-state index >= 15 is 0 Å². The van der Waals surface area contributed by atoms with Crippen molar-refractivity contribution in [3.8, 4) is 0 Å². The zero-order chi connectivity index (χ0) is 15.1. The van der Waals surface area contributed by atoms with Crippen molar-refractivity contribution in [3.05, 3.63) is 28.8 Å². The first-order chi connectivity index (χ1) is 9.42. The van der Waals surface area contributed by atoms with E-state index < -0.39 is 18.9 Å². The molecule has 0 aliphatic heterocycles. The van der Waals surface area contributed by atoms with E-state index in [9.17, 15) is 13.6 Å². The summed E-state index contributed by atoms with van der Waals surface area (Å²) in [6.45, 7) is 0.776. The zero-order valence-electron chi connectivity index (χ0n) is 11.1. The number of halogens is 3. The van der Waals surface area contributed by atoms with Crippen LogP contribution >= 0.6 is 11.6 Å². The number of nitrogens with zero attached hydrogens (tertiary/aromatic N) is 1. The number of aliphatic hydroxyl groups is 1. The average Bonchev–Trinajstić information content (AvgIpc) is 2.33. The number of hydrogen-bond donors (Lipinski definition) is 2. The maximum Gasteiger partial charge on any atom is 0.251 e. The second kappa shape index (κ2) is 8.14. The van der Waals surface area contributed by atoms with Gasteiger partial charge < -0.3 is 10.4 Å². The van der Waals surface area contributed by atoms with E-state index in [1.807, 2.05) is 0 Å². The molecule has 0 aromatic heterocycles. The summed E-state index contributed by atoms with van der Waals surface area (Å²) in [4.78, 5) is 13.0. The number of amides is 1. The van der Waals surface area contributed by atoms with Gasteiger partial charge in [-0.15, -0.1) is 0 Å². The third kappa shape index (κ3) is 5.81. The Hall–Kier alpha value is -1.24. The van der Waals surface area contributed by atoms with Gasteiger partial charge in [-0.05, 0) is 24.6 Å². The lowest BCUT2D eigenvalue weighted by Gasteiger charge is -2.20. The van der Waals surface area contributed by atoms with Gasteiger partial charge in [-0.2, -0.15) is 0 Å². The maximum atomic E-state index is 12.3. The fraction of sp³-hybridized carbons (Fsp3) is 0.462. The van der Waals surface area contributed by atoms with Crippen LogP contribution in [-0.4, -0.2) is 48.6 Å². The van der Waals surface area contributed by atoms with Gasteiger partial charge in [0.1, 0.15) is 0 Å². The number of nitrogens with one attached hydrogen (secondary N) is 1. The molecule has 0 bridgehead atoms. The minimum Gasteiger partial charge on any atom is -0.395 e. The maximum absolute atomic E-state index is 12.3. The molecule has 1 amide bonds. The molecule has 1 aromatic carbocycles. The van der Waals surface area contributed by atoms with Gasteiger partial charge in [0.25, 0.3) is 6.43 Å². The van der Waals surface area contributed by atoms with Crippen LogP contribution < -0.4 is 5.32 Å². The van der Waals surface area contributed by atoms with Crippen LogP contribution in [0, 0.1) is 6.92 Å². The van der Waals surface area contributed by atoms with Gasteiger partial charge >= 0.3 is 0 Å². The highest BCUT2D eigenvalue weighted by molar-refractivity contribution is 6.31. The Labute approximate surface area is 121 Å². The molecule has 0 unspecified atom stereocenters. The predicted molar refractivity (Wildman–Crippen MR) is 74.3 cm³/mol. The molecule has 0 atom stereocenters. The molecule has 2 N–H and O–H groups in total. The summed E-state index contributed by atoms with van der Waals surface area (Å²) in [5.74, 6) is -0.426. The van der Waals surface area contributed by atoms with Gasteiger partial charge in [-0.25, -0.2) is 8.78 Å². The molecule has 0 heterocycles. The molecule has 0 spiro atoms. The average molecular weight is 307 g/mol. The van der Waals surface area contributed by atoms with Crippen LogP contribution in [0.4, 0.5) is 14.5 Å². The fourth-order valence-electron chi connectivity index (χ4n) is 1.69. The molecule has 0 aliphatic rings. The standard InChI is InChI=1S/C13H17ClF2N2O2/c1-9-2-3-10(14)6-11(9)17-13(20)8-18(4-5-19)7-12(15)16/h2-3,6,12,19H,4-5,7-8H2,1H3,(H,17,20). The van der Waals surface area contributed by atoms with Crippen LogP contribution in [0.1, 0.15) is 5.56 Å². The van der Waals surface area contributed by atoms with Crippen LogP contribution in [-0.2, 0) is 4.79 Å². The Morgan fingerprint density at radius 1 is 1.50 bits per heavy atom. The van der Waals surface area contributed by atoms with Crippen molar-refractivity contribution in [3.63, 3.8) is 0 Å². The Kier molecular flexibility index (Phi) is 6.84. The monoisotopic (exact) mass is 306 g/mol. The highest BCUT2D eigenvalue weighted by atomic mass is 35.5. The lowest BCUT2D eigenvalue weighted by Crippen LogP contribution is -2.38. The van der Waals surface area contributed by atoms with Crippen LogP contribution in [0.15, 0.2) is 18.2 Å². The first-order valence-electron chi connectivity index (χ1n) is 6.09. The lowest BCUT2D eigenvalue weighted by molar-refractivity contribution is -0.117. The van der Waals surface area contributed by atoms with Gasteiger partial charge in [-0.3, -0.25) is 9.69 Å². The largest absolute Gasteiger partial charge is 0.395 e. The Morgan fingerprint density at radius 2 is 2.20 bits per heavy atom. The summed E-state index contributed by atoms with van der Waals surface area (Å²) in [5.41, 5.74) is 1.37. The van der Waals surface area contributed by atoms with E-state index in [0.717, 1.165) is 5.56 Å². The third-order valence-corrected chi connectivity index (χ3v) is 2.89. The summed E-state index contributed by atoms with van der Waals surface area (Å²) < 4.78 is 24.7. The van der Waals surface area contributed by atoms with Crippen molar-refractivity contribution >= 4 is 23.2 Å². The normalized spacial score (nSPS) is 11.2. The van der Waals surface area contributed by atoms with Crippen molar-refractivity contribution < 1.29 is 18.7 Å². The van der Waals surface area contributed by atoms with E-state index in [1.165, 1.54) is 4.90 Å². The molecule has 20 heavy (non-hydrogen) atoms. The fourth-order valence-corrected chi connectivity index (χ4v) is 1.87. The SMILES string of the molecule is Cc1ccc(Cl)cc1NC(=O)CN(CCO)CC(F)F. The second-order valence-electron chi connectivity index (χ2n) is 4.36. The van der Waals surface area contributed by atoms with Crippen molar-refractivity contribution in [2.45, 2.75) is 13.3 Å². The number of carbonyl (C=O) groups excluding carboxylic acids is 1. The minimum absolute atomic E-state index is 0.0201. The smallest absolute Gasteiger partial charge is 0.251 e. The molecular weight excluding hydrogens is 290 g/mol. The molecule has 4 nitrogen and oxygen atoms in total. The van der Waals surface area contributed by atoms with Crippen LogP contribution in [0.3, 0.4) is 0 Å². The Balaban J connectivity index is 2.62. The molecule has 1 aromatic rings. The van der Waals surface area contributed by atoms with E-state index in [0.29, 0.717) is 10.7 Å². The first kappa shape index (κ1) is 16.8. The summed E-state index contributed by atoms with van der Waals surface area (Å²) in [5, 5.41) is 11.9. The number of aliphatic hydroxyl groups excluding tert-OH is 1. The van der Waals surface area contributed by atoms with Crippen LogP contribution in [0.5, 0.6) is 0 Å². The lowest BCUT2D eigenvalue weighted by atomic mass is 10.2. The van der Waals surface area contributed by atoms with Crippen LogP contribution in [0.2, 0.25) is 5.02 Å². The Morgan fingerprint density at radius 3 is 2.80 bits per heavy atom. The van der Waals surface area contributed by atoms with Crippen molar-refractivity contribution in [1.82, 2.24) is 4.90 Å². The molecule has 0 saturated carbocycles. The number of carbonyl (C=O) groups is 1. The second-order valence-corrected chi connectivity index (χ2v) is 4.79. The Bertz CT molecular complexity index is 458. The van der Waals surface area contributed by atoms with Gasteiger partial charge in [0.15, 0.2) is 0 Å². The van der Waals surface area contributed by atoms with E-state index in [1.54, 1.807) is 25.1 Å². The molecule has 0 radical (unpaired) electrons. The summed E-state index contributed by atoms with van der Waals surface area (Å²) in [6, 6.07) is 5.04. The van der Waals surface area contributed by atoms with Gasteiger partial charge in [0, 0.05) is 17.3 Å². The van der Waals surface area contributed by atoms with E-state index in [4.69, 9.17) is 16.7 Å². The third-order valence-electron chi connectivity index (χ3n) is 2.65. The molecule has 0 saturated heterocycles. The number of benzene rings is 1. The molecule has 112 valence electrons. The number of alkyl halides is 2. The van der Waals surface area contributed by atoms with E-state index in [2.05, 4.69) is 5.32 Å². The number of aryl methyl sites for hydroxylation is 1. The summed E-state index contributed by atoms with van der Waals surface area (Å²) in [6.07, 6.45) is -2.55. The number of hydrogen-bond acceptors (Lipinski definition) is 3. The molecule has 7 heteroatoms. The number of anilines is 1. The number of rotatable bonds is 7.